The Bertz CT molecular complexity index is 514. The minimum absolute atomic E-state index is 0.495. The fourth-order valence-electron chi connectivity index (χ4n) is 1.73. The van der Waals surface area contributed by atoms with Gasteiger partial charge in [-0.2, -0.15) is 5.10 Å². The van der Waals surface area contributed by atoms with Crippen molar-refractivity contribution in [3.63, 3.8) is 0 Å². The number of hydrogen-bond acceptors (Lipinski definition) is 3. The average Bonchev–Trinajstić information content (AvgIpc) is 2.57. The highest BCUT2D eigenvalue weighted by Crippen LogP contribution is 2.18. The summed E-state index contributed by atoms with van der Waals surface area (Å²) >= 11 is 0. The van der Waals surface area contributed by atoms with Crippen LogP contribution in [-0.4, -0.2) is 14.8 Å². The third-order valence-electron chi connectivity index (χ3n) is 2.99. The first-order valence-corrected chi connectivity index (χ1v) is 5.31. The van der Waals surface area contributed by atoms with Crippen LogP contribution < -0.4 is 5.73 Å². The van der Waals surface area contributed by atoms with Crippen LogP contribution in [0.5, 0.6) is 0 Å². The number of hydrogen-bond donors (Lipinski definition) is 1. The van der Waals surface area contributed by atoms with E-state index in [-0.39, 0.29) is 0 Å². The smallest absolute Gasteiger partial charge is 0.0876 e. The molecule has 2 aromatic heterocycles. The van der Waals surface area contributed by atoms with E-state index in [9.17, 15) is 0 Å². The lowest BCUT2D eigenvalue weighted by Gasteiger charge is -2.08. The van der Waals surface area contributed by atoms with Gasteiger partial charge in [0.2, 0.25) is 0 Å². The molecule has 4 heteroatoms. The molecule has 0 amide bonds. The maximum Gasteiger partial charge on any atom is 0.0876 e. The number of nitrogens with two attached hydrogens (primary N) is 1. The van der Waals surface area contributed by atoms with Crippen LogP contribution >= 0.6 is 0 Å². The van der Waals surface area contributed by atoms with E-state index >= 15 is 0 Å². The molecule has 0 bridgehead atoms. The number of aryl methyl sites for hydroxylation is 1. The van der Waals surface area contributed by atoms with Crippen molar-refractivity contribution in [2.24, 2.45) is 5.73 Å². The summed E-state index contributed by atoms with van der Waals surface area (Å²) in [5.74, 6) is 0. The van der Waals surface area contributed by atoms with Crippen molar-refractivity contribution in [1.29, 1.82) is 0 Å². The molecule has 0 saturated carbocycles. The predicted octanol–water partition coefficient (Wildman–Crippen LogP) is 1.65. The molecule has 0 spiro atoms. The van der Waals surface area contributed by atoms with Gasteiger partial charge < -0.3 is 5.73 Å². The maximum absolute atomic E-state index is 5.71. The molecule has 0 aliphatic carbocycles. The molecular formula is C12H16N4. The number of pyridine rings is 1. The Labute approximate surface area is 95.1 Å². The molecule has 0 atom stereocenters. The van der Waals surface area contributed by atoms with Crippen molar-refractivity contribution >= 4 is 0 Å². The molecule has 2 rings (SSSR count). The molecule has 84 valence electrons. The molecule has 2 heterocycles. The van der Waals surface area contributed by atoms with Gasteiger partial charge in [0.05, 0.1) is 17.6 Å². The quantitative estimate of drug-likeness (QED) is 0.830. The fourth-order valence-corrected chi connectivity index (χ4v) is 1.73. The van der Waals surface area contributed by atoms with E-state index in [1.165, 1.54) is 5.56 Å². The lowest BCUT2D eigenvalue weighted by atomic mass is 10.2. The largest absolute Gasteiger partial charge is 0.326 e. The lowest BCUT2D eigenvalue weighted by Crippen LogP contribution is -2.07. The Balaban J connectivity index is 2.63. The van der Waals surface area contributed by atoms with Crippen LogP contribution in [0.1, 0.15) is 22.5 Å². The molecule has 0 aliphatic rings. The second-order valence-corrected chi connectivity index (χ2v) is 3.92. The maximum atomic E-state index is 5.71. The van der Waals surface area contributed by atoms with Crippen molar-refractivity contribution in [3.8, 4) is 5.69 Å². The molecule has 0 aromatic carbocycles. The van der Waals surface area contributed by atoms with Crippen molar-refractivity contribution in [1.82, 2.24) is 14.8 Å². The lowest BCUT2D eigenvalue weighted by molar-refractivity contribution is 0.811. The van der Waals surface area contributed by atoms with Gasteiger partial charge in [-0.1, -0.05) is 0 Å². The van der Waals surface area contributed by atoms with Crippen molar-refractivity contribution < 1.29 is 0 Å². The number of aromatic nitrogens is 3. The van der Waals surface area contributed by atoms with E-state index in [4.69, 9.17) is 5.73 Å². The van der Waals surface area contributed by atoms with Gasteiger partial charge in [0, 0.05) is 18.4 Å². The SMILES string of the molecule is Cc1nn(-c2cnccc2CN)c(C)c1C. The third kappa shape index (κ3) is 1.61. The van der Waals surface area contributed by atoms with Gasteiger partial charge in [-0.05, 0) is 38.0 Å². The van der Waals surface area contributed by atoms with E-state index in [2.05, 4.69) is 23.9 Å². The van der Waals surface area contributed by atoms with Gasteiger partial charge in [0.15, 0.2) is 0 Å². The topological polar surface area (TPSA) is 56.7 Å². The molecule has 16 heavy (non-hydrogen) atoms. The molecular weight excluding hydrogens is 200 g/mol. The monoisotopic (exact) mass is 216 g/mol. The first kappa shape index (κ1) is 10.8. The molecule has 2 aromatic rings. The molecule has 0 saturated heterocycles. The average molecular weight is 216 g/mol. The van der Waals surface area contributed by atoms with Crippen LogP contribution in [0.25, 0.3) is 5.69 Å². The standard InChI is InChI=1S/C12H16N4/c1-8-9(2)15-16(10(8)3)12-7-14-5-4-11(12)6-13/h4-5,7H,6,13H2,1-3H3. The van der Waals surface area contributed by atoms with E-state index in [1.54, 1.807) is 12.4 Å². The second kappa shape index (κ2) is 4.06. The van der Waals surface area contributed by atoms with E-state index < -0.39 is 0 Å². The van der Waals surface area contributed by atoms with Crippen LogP contribution in [0.2, 0.25) is 0 Å². The summed E-state index contributed by atoms with van der Waals surface area (Å²) in [6.07, 6.45) is 3.56. The summed E-state index contributed by atoms with van der Waals surface area (Å²) in [4.78, 5) is 4.13. The summed E-state index contributed by atoms with van der Waals surface area (Å²) in [5, 5.41) is 4.51. The van der Waals surface area contributed by atoms with Crippen molar-refractivity contribution in [3.05, 3.63) is 41.0 Å². The van der Waals surface area contributed by atoms with Crippen molar-refractivity contribution in [2.45, 2.75) is 27.3 Å². The summed E-state index contributed by atoms with van der Waals surface area (Å²) < 4.78 is 1.92. The molecule has 0 aliphatic heterocycles. The molecule has 0 radical (unpaired) electrons. The van der Waals surface area contributed by atoms with Gasteiger partial charge in [-0.15, -0.1) is 0 Å². The molecule has 0 fully saturated rings. The minimum Gasteiger partial charge on any atom is -0.326 e. The first-order valence-electron chi connectivity index (χ1n) is 5.31. The first-order chi connectivity index (χ1) is 7.65. The van der Waals surface area contributed by atoms with E-state index in [1.807, 2.05) is 17.7 Å². The van der Waals surface area contributed by atoms with Gasteiger partial charge >= 0.3 is 0 Å². The van der Waals surface area contributed by atoms with Crippen LogP contribution in [0.15, 0.2) is 18.5 Å². The highest BCUT2D eigenvalue weighted by atomic mass is 15.3. The van der Waals surface area contributed by atoms with Gasteiger partial charge in [0.1, 0.15) is 0 Å². The van der Waals surface area contributed by atoms with Crippen molar-refractivity contribution in [2.75, 3.05) is 0 Å². The van der Waals surface area contributed by atoms with Gasteiger partial charge in [-0.3, -0.25) is 4.98 Å². The summed E-state index contributed by atoms with van der Waals surface area (Å²) in [6.45, 7) is 6.64. The summed E-state index contributed by atoms with van der Waals surface area (Å²) in [7, 11) is 0. The predicted molar refractivity (Wildman–Crippen MR) is 63.5 cm³/mol. The van der Waals surface area contributed by atoms with Crippen LogP contribution in [-0.2, 0) is 6.54 Å². The molecule has 4 nitrogen and oxygen atoms in total. The highest BCUT2D eigenvalue weighted by Gasteiger charge is 2.11. The van der Waals surface area contributed by atoms with E-state index in [0.717, 1.165) is 22.6 Å². The Morgan fingerprint density at radius 2 is 2.06 bits per heavy atom. The van der Waals surface area contributed by atoms with Crippen LogP contribution in [0.4, 0.5) is 0 Å². The Hall–Kier alpha value is -1.68. The third-order valence-corrected chi connectivity index (χ3v) is 2.99. The Morgan fingerprint density at radius 1 is 1.31 bits per heavy atom. The fraction of sp³-hybridized carbons (Fsp3) is 0.333. The minimum atomic E-state index is 0.495. The Kier molecular flexibility index (Phi) is 2.75. The Morgan fingerprint density at radius 3 is 2.62 bits per heavy atom. The zero-order valence-corrected chi connectivity index (χ0v) is 9.86. The summed E-state index contributed by atoms with van der Waals surface area (Å²) in [6, 6.07) is 1.93. The zero-order valence-electron chi connectivity index (χ0n) is 9.86. The normalized spacial score (nSPS) is 10.8. The molecule has 0 unspecified atom stereocenters. The van der Waals surface area contributed by atoms with Gasteiger partial charge in [-0.25, -0.2) is 4.68 Å². The molecule has 2 N–H and O–H groups in total. The number of rotatable bonds is 2. The summed E-state index contributed by atoms with van der Waals surface area (Å²) in [5.41, 5.74) is 11.1. The number of nitrogens with zero attached hydrogens (tertiary/aromatic N) is 3. The van der Waals surface area contributed by atoms with Crippen LogP contribution in [0, 0.1) is 20.8 Å². The van der Waals surface area contributed by atoms with Gasteiger partial charge in [0.25, 0.3) is 0 Å². The highest BCUT2D eigenvalue weighted by molar-refractivity contribution is 5.41. The zero-order chi connectivity index (χ0) is 11.7. The van der Waals surface area contributed by atoms with E-state index in [0.29, 0.717) is 6.54 Å². The van der Waals surface area contributed by atoms with Crippen LogP contribution in [0.3, 0.4) is 0 Å². The second-order valence-electron chi connectivity index (χ2n) is 3.92.